The summed E-state index contributed by atoms with van der Waals surface area (Å²) in [7, 11) is 0. The van der Waals surface area contributed by atoms with E-state index in [4.69, 9.17) is 0 Å². The maximum atomic E-state index is 14.9. The normalized spacial score (nSPS) is 18.7. The van der Waals surface area contributed by atoms with Gasteiger partial charge in [0.1, 0.15) is 29.7 Å². The molecule has 41 heavy (non-hydrogen) atoms. The van der Waals surface area contributed by atoms with Gasteiger partial charge in [-0.3, -0.25) is 9.59 Å². The number of aliphatic hydroxyl groups is 1. The van der Waals surface area contributed by atoms with Gasteiger partial charge in [0.2, 0.25) is 0 Å². The standard InChI is InChI=1S/C30H35F3N4O4/c1-18(38)29(41)37(16-20-13-34-14-24(20)33)27(30(2,3)12-26(39)40)28-35-25(22-11-21(31)9-10-23(22)32)17-36(28)15-19-7-5-4-6-8-19/h4-11,17-18,20,24,27,34,38H,12-16H2,1-3H3,(H,39,40)/t18-,20-,24-,27-/m0/s1. The number of aliphatic hydroxyl groups excluding tert-OH is 1. The number of alkyl halides is 1. The van der Waals surface area contributed by atoms with Crippen LogP contribution in [0.25, 0.3) is 11.3 Å². The monoisotopic (exact) mass is 572 g/mol. The molecule has 1 aromatic heterocycles. The zero-order valence-electron chi connectivity index (χ0n) is 23.2. The number of carboxylic acids is 1. The Morgan fingerprint density at radius 1 is 1.17 bits per heavy atom. The first-order valence-electron chi connectivity index (χ1n) is 13.5. The fraction of sp³-hybridized carbons (Fsp3) is 0.433. The summed E-state index contributed by atoms with van der Waals surface area (Å²) in [5.74, 6) is -3.64. The number of amides is 1. The van der Waals surface area contributed by atoms with Crippen LogP contribution in [0, 0.1) is 23.0 Å². The number of carbonyl (C=O) groups excluding carboxylic acids is 1. The summed E-state index contributed by atoms with van der Waals surface area (Å²) in [6, 6.07) is 11.2. The van der Waals surface area contributed by atoms with E-state index in [0.717, 1.165) is 23.8 Å². The first-order chi connectivity index (χ1) is 19.4. The number of hydrogen-bond donors (Lipinski definition) is 3. The molecule has 1 amide bonds. The van der Waals surface area contributed by atoms with Gasteiger partial charge in [-0.15, -0.1) is 0 Å². The molecule has 0 unspecified atom stereocenters. The first kappa shape index (κ1) is 30.3. The van der Waals surface area contributed by atoms with E-state index in [9.17, 15) is 33.0 Å². The molecular weight excluding hydrogens is 537 g/mol. The number of halogens is 3. The number of carboxylic acid groups (broad SMARTS) is 1. The fourth-order valence-corrected chi connectivity index (χ4v) is 5.47. The summed E-state index contributed by atoms with van der Waals surface area (Å²) in [5, 5.41) is 23.2. The van der Waals surface area contributed by atoms with Crippen LogP contribution in [-0.2, 0) is 16.1 Å². The highest BCUT2D eigenvalue weighted by Crippen LogP contribution is 2.43. The smallest absolute Gasteiger partial charge is 0.303 e. The Bertz CT molecular complexity index is 1380. The number of benzene rings is 2. The molecule has 11 heteroatoms. The van der Waals surface area contributed by atoms with Crippen LogP contribution >= 0.6 is 0 Å². The third-order valence-corrected chi connectivity index (χ3v) is 7.44. The van der Waals surface area contributed by atoms with Crippen molar-refractivity contribution in [2.24, 2.45) is 11.3 Å². The molecule has 2 heterocycles. The molecule has 220 valence electrons. The van der Waals surface area contributed by atoms with E-state index in [1.54, 1.807) is 18.4 Å². The van der Waals surface area contributed by atoms with Crippen molar-refractivity contribution in [1.82, 2.24) is 19.8 Å². The second-order valence-corrected chi connectivity index (χ2v) is 11.3. The molecular formula is C30H35F3N4O4. The summed E-state index contributed by atoms with van der Waals surface area (Å²) >= 11 is 0. The molecule has 4 atom stereocenters. The van der Waals surface area contributed by atoms with Crippen LogP contribution in [0.2, 0.25) is 0 Å². The van der Waals surface area contributed by atoms with Crippen LogP contribution in [0.1, 0.15) is 44.6 Å². The predicted molar refractivity (Wildman–Crippen MR) is 147 cm³/mol. The number of rotatable bonds is 11. The molecule has 0 spiro atoms. The van der Waals surface area contributed by atoms with E-state index >= 15 is 0 Å². The van der Waals surface area contributed by atoms with Gasteiger partial charge in [0.25, 0.3) is 5.91 Å². The lowest BCUT2D eigenvalue weighted by Crippen LogP contribution is -2.50. The average molecular weight is 573 g/mol. The summed E-state index contributed by atoms with van der Waals surface area (Å²) in [6.07, 6.45) is -1.60. The van der Waals surface area contributed by atoms with Crippen molar-refractivity contribution in [3.63, 3.8) is 0 Å². The molecule has 3 N–H and O–H groups in total. The molecule has 0 aliphatic carbocycles. The lowest BCUT2D eigenvalue weighted by molar-refractivity contribution is -0.150. The lowest BCUT2D eigenvalue weighted by atomic mass is 9.79. The van der Waals surface area contributed by atoms with E-state index in [-0.39, 0.29) is 43.3 Å². The summed E-state index contributed by atoms with van der Waals surface area (Å²) < 4.78 is 45.6. The highest BCUT2D eigenvalue weighted by molar-refractivity contribution is 5.81. The van der Waals surface area contributed by atoms with Crippen molar-refractivity contribution in [3.8, 4) is 11.3 Å². The molecule has 1 aliphatic heterocycles. The van der Waals surface area contributed by atoms with Crippen LogP contribution in [0.5, 0.6) is 0 Å². The number of carbonyl (C=O) groups is 2. The fourth-order valence-electron chi connectivity index (χ4n) is 5.47. The Kier molecular flexibility index (Phi) is 9.18. The van der Waals surface area contributed by atoms with E-state index in [0.29, 0.717) is 0 Å². The molecule has 1 saturated heterocycles. The predicted octanol–water partition coefficient (Wildman–Crippen LogP) is 4.19. The Morgan fingerprint density at radius 2 is 1.88 bits per heavy atom. The SMILES string of the molecule is C[C@H](O)C(=O)N(C[C@@H]1CNC[C@@H]1F)[C@@H](c1nc(-c2cc(F)ccc2F)cn1Cc1ccccc1)C(C)(C)CC(=O)O. The minimum atomic E-state index is -1.47. The molecule has 1 aliphatic rings. The van der Waals surface area contributed by atoms with E-state index < -0.39 is 59.6 Å². The van der Waals surface area contributed by atoms with Gasteiger partial charge >= 0.3 is 5.97 Å². The minimum absolute atomic E-state index is 0.0828. The molecule has 1 fully saturated rings. The minimum Gasteiger partial charge on any atom is -0.481 e. The zero-order chi connectivity index (χ0) is 29.9. The zero-order valence-corrected chi connectivity index (χ0v) is 23.2. The molecule has 0 radical (unpaired) electrons. The molecule has 0 bridgehead atoms. The largest absolute Gasteiger partial charge is 0.481 e. The number of hydrogen-bond acceptors (Lipinski definition) is 5. The molecule has 2 aromatic carbocycles. The molecule has 8 nitrogen and oxygen atoms in total. The Balaban J connectivity index is 1.94. The summed E-state index contributed by atoms with van der Waals surface area (Å²) in [5.41, 5.74) is -0.375. The highest BCUT2D eigenvalue weighted by Gasteiger charge is 2.45. The van der Waals surface area contributed by atoms with E-state index in [1.807, 2.05) is 30.3 Å². The topological polar surface area (TPSA) is 108 Å². The van der Waals surface area contributed by atoms with Gasteiger partial charge in [-0.05, 0) is 30.7 Å². The lowest BCUT2D eigenvalue weighted by Gasteiger charge is -2.43. The maximum absolute atomic E-state index is 14.9. The van der Waals surface area contributed by atoms with Gasteiger partial charge in [-0.2, -0.15) is 0 Å². The number of aromatic nitrogens is 2. The third kappa shape index (κ3) is 6.97. The van der Waals surface area contributed by atoms with Crippen molar-refractivity contribution in [2.45, 2.75) is 52.1 Å². The van der Waals surface area contributed by atoms with Crippen LogP contribution in [0.4, 0.5) is 13.2 Å². The highest BCUT2D eigenvalue weighted by atomic mass is 19.1. The van der Waals surface area contributed by atoms with Gasteiger partial charge < -0.3 is 25.0 Å². The van der Waals surface area contributed by atoms with E-state index in [1.165, 1.54) is 18.0 Å². The van der Waals surface area contributed by atoms with E-state index in [2.05, 4.69) is 10.3 Å². The number of imidazole rings is 1. The Labute approximate surface area is 236 Å². The van der Waals surface area contributed by atoms with Crippen LogP contribution in [0.3, 0.4) is 0 Å². The van der Waals surface area contributed by atoms with Crippen molar-refractivity contribution >= 4 is 11.9 Å². The van der Waals surface area contributed by atoms with Gasteiger partial charge in [0, 0.05) is 49.3 Å². The second kappa shape index (κ2) is 12.4. The third-order valence-electron chi connectivity index (χ3n) is 7.44. The van der Waals surface area contributed by atoms with Crippen LogP contribution in [-0.4, -0.2) is 68.5 Å². The van der Waals surface area contributed by atoms with Crippen molar-refractivity contribution in [2.75, 3.05) is 19.6 Å². The second-order valence-electron chi connectivity index (χ2n) is 11.3. The molecule has 4 rings (SSSR count). The van der Waals surface area contributed by atoms with Gasteiger partial charge in [0.15, 0.2) is 0 Å². The van der Waals surface area contributed by atoms with Gasteiger partial charge in [-0.25, -0.2) is 18.2 Å². The summed E-state index contributed by atoms with van der Waals surface area (Å²) in [4.78, 5) is 31.6. The Morgan fingerprint density at radius 3 is 2.49 bits per heavy atom. The maximum Gasteiger partial charge on any atom is 0.303 e. The van der Waals surface area contributed by atoms with Gasteiger partial charge in [-0.1, -0.05) is 44.2 Å². The Hall–Kier alpha value is -3.70. The number of nitrogens with one attached hydrogen (secondary N) is 1. The first-order valence-corrected chi connectivity index (χ1v) is 13.5. The van der Waals surface area contributed by atoms with Gasteiger partial charge in [0.05, 0.1) is 18.2 Å². The van der Waals surface area contributed by atoms with Crippen molar-refractivity contribution in [3.05, 3.63) is 77.8 Å². The van der Waals surface area contributed by atoms with Crippen LogP contribution < -0.4 is 5.32 Å². The van der Waals surface area contributed by atoms with Crippen molar-refractivity contribution in [1.29, 1.82) is 0 Å². The molecule has 0 saturated carbocycles. The number of nitrogens with zero attached hydrogens (tertiary/aromatic N) is 3. The van der Waals surface area contributed by atoms with Crippen molar-refractivity contribution < 1.29 is 33.0 Å². The summed E-state index contributed by atoms with van der Waals surface area (Å²) in [6.45, 7) is 5.09. The average Bonchev–Trinajstić information content (AvgIpc) is 3.50. The molecule has 3 aromatic rings. The van der Waals surface area contributed by atoms with Crippen LogP contribution in [0.15, 0.2) is 54.7 Å². The quantitative estimate of drug-likeness (QED) is 0.318. The number of aliphatic carboxylic acids is 1.